The predicted molar refractivity (Wildman–Crippen MR) is 67.1 cm³/mol. The highest BCUT2D eigenvalue weighted by atomic mass is 16.2. The summed E-state index contributed by atoms with van der Waals surface area (Å²) in [5, 5.41) is 0. The maximum atomic E-state index is 12.1. The molecule has 5 heteroatoms. The van der Waals surface area contributed by atoms with Gasteiger partial charge < -0.3 is 4.90 Å². The molecule has 2 aliphatic rings. The van der Waals surface area contributed by atoms with Gasteiger partial charge in [0, 0.05) is 45.1 Å². The first kappa shape index (κ1) is 11.6. The van der Waals surface area contributed by atoms with E-state index >= 15 is 0 Å². The Morgan fingerprint density at radius 2 is 2.00 bits per heavy atom. The summed E-state index contributed by atoms with van der Waals surface area (Å²) in [6.45, 7) is 4.81. The maximum Gasteiger partial charge on any atom is 0.274 e. The Labute approximate surface area is 107 Å². The van der Waals surface area contributed by atoms with E-state index in [2.05, 4.69) is 14.9 Å². The molecular weight excluding hydrogens is 228 g/mol. The minimum atomic E-state index is 0.00849. The van der Waals surface area contributed by atoms with Crippen LogP contribution in [0.2, 0.25) is 0 Å². The first-order valence-electron chi connectivity index (χ1n) is 6.60. The number of rotatable bonds is 3. The second-order valence-electron chi connectivity index (χ2n) is 5.13. The molecule has 1 aliphatic heterocycles. The summed E-state index contributed by atoms with van der Waals surface area (Å²) in [6, 6.07) is 0. The standard InChI is InChI=1S/C13H18N4O/c18-13(12-9-14-3-4-15-12)17-7-5-16(6-8-17)10-11-1-2-11/h3-4,9,11H,1-2,5-8,10H2. The van der Waals surface area contributed by atoms with Gasteiger partial charge in [-0.05, 0) is 18.8 Å². The molecule has 0 spiro atoms. The number of piperazine rings is 1. The molecule has 1 saturated heterocycles. The van der Waals surface area contributed by atoms with Crippen molar-refractivity contribution in [1.82, 2.24) is 19.8 Å². The Kier molecular flexibility index (Phi) is 3.23. The predicted octanol–water partition coefficient (Wildman–Crippen LogP) is 0.644. The molecule has 1 aromatic heterocycles. The third-order valence-electron chi connectivity index (χ3n) is 3.66. The molecule has 1 amide bonds. The quantitative estimate of drug-likeness (QED) is 0.785. The highest BCUT2D eigenvalue weighted by molar-refractivity contribution is 5.92. The van der Waals surface area contributed by atoms with Gasteiger partial charge in [0.05, 0.1) is 6.20 Å². The van der Waals surface area contributed by atoms with Crippen LogP contribution in [0.15, 0.2) is 18.6 Å². The second kappa shape index (κ2) is 5.02. The fourth-order valence-electron chi connectivity index (χ4n) is 2.37. The lowest BCUT2D eigenvalue weighted by Crippen LogP contribution is -2.49. The van der Waals surface area contributed by atoms with Crippen LogP contribution < -0.4 is 0 Å². The molecule has 0 atom stereocenters. The number of aromatic nitrogens is 2. The molecule has 3 rings (SSSR count). The molecule has 1 aliphatic carbocycles. The van der Waals surface area contributed by atoms with Crippen molar-refractivity contribution in [3.05, 3.63) is 24.3 Å². The molecule has 96 valence electrons. The van der Waals surface area contributed by atoms with Crippen molar-refractivity contribution in [2.75, 3.05) is 32.7 Å². The minimum absolute atomic E-state index is 0.00849. The number of hydrogen-bond donors (Lipinski definition) is 0. The zero-order chi connectivity index (χ0) is 12.4. The smallest absolute Gasteiger partial charge is 0.274 e. The lowest BCUT2D eigenvalue weighted by molar-refractivity contribution is 0.0626. The van der Waals surface area contributed by atoms with Gasteiger partial charge in [0.1, 0.15) is 5.69 Å². The molecule has 0 aromatic carbocycles. The molecule has 2 heterocycles. The van der Waals surface area contributed by atoms with Crippen LogP contribution in [-0.4, -0.2) is 58.4 Å². The van der Waals surface area contributed by atoms with Crippen molar-refractivity contribution in [1.29, 1.82) is 0 Å². The third-order valence-corrected chi connectivity index (χ3v) is 3.66. The average molecular weight is 246 g/mol. The number of carbonyl (C=O) groups excluding carboxylic acids is 1. The fraction of sp³-hybridized carbons (Fsp3) is 0.615. The van der Waals surface area contributed by atoms with E-state index in [-0.39, 0.29) is 5.91 Å². The van der Waals surface area contributed by atoms with E-state index in [0.29, 0.717) is 5.69 Å². The number of amides is 1. The normalized spacial score (nSPS) is 21.0. The van der Waals surface area contributed by atoms with E-state index in [0.717, 1.165) is 32.1 Å². The van der Waals surface area contributed by atoms with Crippen molar-refractivity contribution in [3.63, 3.8) is 0 Å². The Morgan fingerprint density at radius 1 is 1.22 bits per heavy atom. The van der Waals surface area contributed by atoms with Crippen LogP contribution in [0.3, 0.4) is 0 Å². The summed E-state index contributed by atoms with van der Waals surface area (Å²) in [5.41, 5.74) is 0.452. The first-order valence-corrected chi connectivity index (χ1v) is 6.60. The van der Waals surface area contributed by atoms with Crippen LogP contribution in [0.25, 0.3) is 0 Å². The molecule has 1 aromatic rings. The van der Waals surface area contributed by atoms with Gasteiger partial charge in [0.25, 0.3) is 5.91 Å². The summed E-state index contributed by atoms with van der Waals surface area (Å²) in [5.74, 6) is 0.932. The van der Waals surface area contributed by atoms with Crippen molar-refractivity contribution >= 4 is 5.91 Å². The largest absolute Gasteiger partial charge is 0.335 e. The van der Waals surface area contributed by atoms with Crippen molar-refractivity contribution in [3.8, 4) is 0 Å². The molecular formula is C13H18N4O. The lowest BCUT2D eigenvalue weighted by atomic mass is 10.2. The molecule has 0 unspecified atom stereocenters. The van der Waals surface area contributed by atoms with Crippen LogP contribution in [0.4, 0.5) is 0 Å². The molecule has 0 bridgehead atoms. The van der Waals surface area contributed by atoms with Gasteiger partial charge in [-0.1, -0.05) is 0 Å². The van der Waals surface area contributed by atoms with Crippen LogP contribution in [0.1, 0.15) is 23.3 Å². The Balaban J connectivity index is 1.54. The highest BCUT2D eigenvalue weighted by Gasteiger charge is 2.28. The summed E-state index contributed by atoms with van der Waals surface area (Å²) in [6.07, 6.45) is 7.47. The van der Waals surface area contributed by atoms with E-state index in [9.17, 15) is 4.79 Å². The van der Waals surface area contributed by atoms with E-state index in [1.54, 1.807) is 18.6 Å². The van der Waals surface area contributed by atoms with Gasteiger partial charge in [-0.15, -0.1) is 0 Å². The van der Waals surface area contributed by atoms with E-state index in [1.165, 1.54) is 19.4 Å². The monoisotopic (exact) mass is 246 g/mol. The number of carbonyl (C=O) groups is 1. The number of nitrogens with zero attached hydrogens (tertiary/aromatic N) is 4. The fourth-order valence-corrected chi connectivity index (χ4v) is 2.37. The maximum absolute atomic E-state index is 12.1. The van der Waals surface area contributed by atoms with Crippen molar-refractivity contribution in [2.24, 2.45) is 5.92 Å². The molecule has 0 N–H and O–H groups in total. The lowest BCUT2D eigenvalue weighted by Gasteiger charge is -2.34. The molecule has 5 nitrogen and oxygen atoms in total. The zero-order valence-electron chi connectivity index (χ0n) is 10.5. The van der Waals surface area contributed by atoms with Gasteiger partial charge in [0.15, 0.2) is 0 Å². The molecule has 1 saturated carbocycles. The zero-order valence-corrected chi connectivity index (χ0v) is 10.5. The van der Waals surface area contributed by atoms with E-state index in [1.807, 2.05) is 4.90 Å². The van der Waals surface area contributed by atoms with Crippen molar-refractivity contribution in [2.45, 2.75) is 12.8 Å². The number of hydrogen-bond acceptors (Lipinski definition) is 4. The second-order valence-corrected chi connectivity index (χ2v) is 5.13. The molecule has 0 radical (unpaired) electrons. The summed E-state index contributed by atoms with van der Waals surface area (Å²) < 4.78 is 0. The minimum Gasteiger partial charge on any atom is -0.335 e. The summed E-state index contributed by atoms with van der Waals surface area (Å²) >= 11 is 0. The highest BCUT2D eigenvalue weighted by Crippen LogP contribution is 2.29. The Bertz CT molecular complexity index is 410. The molecule has 18 heavy (non-hydrogen) atoms. The van der Waals surface area contributed by atoms with E-state index in [4.69, 9.17) is 0 Å². The summed E-state index contributed by atoms with van der Waals surface area (Å²) in [4.78, 5) is 24.5. The average Bonchev–Trinajstić information content (AvgIpc) is 3.24. The van der Waals surface area contributed by atoms with Gasteiger partial charge >= 0.3 is 0 Å². The SMILES string of the molecule is O=C(c1cnccn1)N1CCN(CC2CC2)CC1. The van der Waals surface area contributed by atoms with Crippen LogP contribution >= 0.6 is 0 Å². The van der Waals surface area contributed by atoms with Crippen LogP contribution in [0, 0.1) is 5.92 Å². The van der Waals surface area contributed by atoms with Crippen LogP contribution in [0.5, 0.6) is 0 Å². The van der Waals surface area contributed by atoms with Crippen molar-refractivity contribution < 1.29 is 4.79 Å². The van der Waals surface area contributed by atoms with Gasteiger partial charge in [-0.2, -0.15) is 0 Å². The van der Waals surface area contributed by atoms with E-state index < -0.39 is 0 Å². The Hall–Kier alpha value is -1.49. The Morgan fingerprint density at radius 3 is 2.61 bits per heavy atom. The summed E-state index contributed by atoms with van der Waals surface area (Å²) in [7, 11) is 0. The van der Waals surface area contributed by atoms with Crippen LogP contribution in [-0.2, 0) is 0 Å². The van der Waals surface area contributed by atoms with Gasteiger partial charge in [-0.25, -0.2) is 4.98 Å². The first-order chi connectivity index (χ1) is 8.83. The topological polar surface area (TPSA) is 49.3 Å². The van der Waals surface area contributed by atoms with Gasteiger partial charge in [0.2, 0.25) is 0 Å². The molecule has 2 fully saturated rings. The third kappa shape index (κ3) is 2.67. The van der Waals surface area contributed by atoms with Gasteiger partial charge in [-0.3, -0.25) is 14.7 Å².